The van der Waals surface area contributed by atoms with Crippen LogP contribution in [0.2, 0.25) is 0 Å². The van der Waals surface area contributed by atoms with Gasteiger partial charge in [0.15, 0.2) is 0 Å². The van der Waals surface area contributed by atoms with Crippen molar-refractivity contribution in [1.82, 2.24) is 9.88 Å². The van der Waals surface area contributed by atoms with Crippen LogP contribution in [0.5, 0.6) is 0 Å². The summed E-state index contributed by atoms with van der Waals surface area (Å²) in [6.07, 6.45) is 2.14. The van der Waals surface area contributed by atoms with Crippen molar-refractivity contribution in [3.63, 3.8) is 0 Å². The van der Waals surface area contributed by atoms with E-state index in [0.29, 0.717) is 5.92 Å². The second kappa shape index (κ2) is 8.65. The summed E-state index contributed by atoms with van der Waals surface area (Å²) in [7, 11) is 0. The number of amides is 1. The molecule has 0 aliphatic carbocycles. The Labute approximate surface area is 129 Å². The van der Waals surface area contributed by atoms with Crippen molar-refractivity contribution in [2.24, 2.45) is 0 Å². The molecule has 0 atom stereocenters. The highest BCUT2D eigenvalue weighted by Gasteiger charge is 2.16. The molecule has 0 bridgehead atoms. The van der Waals surface area contributed by atoms with Crippen molar-refractivity contribution in [3.05, 3.63) is 23.4 Å². The normalized spacial score (nSPS) is 10.8. The third kappa shape index (κ3) is 5.03. The van der Waals surface area contributed by atoms with Gasteiger partial charge in [0.1, 0.15) is 5.82 Å². The molecule has 0 aliphatic rings. The van der Waals surface area contributed by atoms with Gasteiger partial charge in [-0.2, -0.15) is 0 Å². The van der Waals surface area contributed by atoms with E-state index in [0.717, 1.165) is 49.6 Å². The van der Waals surface area contributed by atoms with E-state index >= 15 is 0 Å². The van der Waals surface area contributed by atoms with Gasteiger partial charge in [-0.3, -0.25) is 4.79 Å². The van der Waals surface area contributed by atoms with Crippen molar-refractivity contribution < 1.29 is 4.79 Å². The molecule has 1 rings (SSSR count). The number of hydrogen-bond donors (Lipinski definition) is 1. The van der Waals surface area contributed by atoms with Gasteiger partial charge < -0.3 is 10.2 Å². The SMILES string of the molecule is CCCCN(CC)C(=O)c1cc(NCC)nc(C(C)C)c1. The number of carbonyl (C=O) groups is 1. The predicted molar refractivity (Wildman–Crippen MR) is 89.0 cm³/mol. The number of rotatable bonds is 8. The molecule has 0 aromatic carbocycles. The van der Waals surface area contributed by atoms with E-state index in [1.54, 1.807) is 0 Å². The largest absolute Gasteiger partial charge is 0.370 e. The summed E-state index contributed by atoms with van der Waals surface area (Å²) in [5.74, 6) is 1.20. The molecule has 0 radical (unpaired) electrons. The summed E-state index contributed by atoms with van der Waals surface area (Å²) in [6.45, 7) is 12.8. The van der Waals surface area contributed by atoms with Crippen LogP contribution in [0.15, 0.2) is 12.1 Å². The number of aromatic nitrogens is 1. The lowest BCUT2D eigenvalue weighted by atomic mass is 10.1. The highest BCUT2D eigenvalue weighted by Crippen LogP contribution is 2.19. The Morgan fingerprint density at radius 3 is 2.52 bits per heavy atom. The summed E-state index contributed by atoms with van der Waals surface area (Å²) < 4.78 is 0. The van der Waals surface area contributed by atoms with Crippen LogP contribution in [-0.4, -0.2) is 35.4 Å². The first-order valence-corrected chi connectivity index (χ1v) is 8.08. The van der Waals surface area contributed by atoms with E-state index in [1.807, 2.05) is 30.9 Å². The lowest BCUT2D eigenvalue weighted by Crippen LogP contribution is -2.32. The van der Waals surface area contributed by atoms with Crippen LogP contribution in [0.1, 0.15) is 69.4 Å². The molecule has 21 heavy (non-hydrogen) atoms. The Bertz CT molecular complexity index is 457. The molecule has 1 aromatic rings. The van der Waals surface area contributed by atoms with Crippen LogP contribution in [-0.2, 0) is 0 Å². The second-order valence-corrected chi connectivity index (χ2v) is 5.59. The number of nitrogens with zero attached hydrogens (tertiary/aromatic N) is 2. The van der Waals surface area contributed by atoms with Gasteiger partial charge in [0.25, 0.3) is 5.91 Å². The molecular formula is C17H29N3O. The molecule has 0 unspecified atom stereocenters. The maximum absolute atomic E-state index is 12.7. The van der Waals surface area contributed by atoms with Gasteiger partial charge in [0.05, 0.1) is 0 Å². The van der Waals surface area contributed by atoms with E-state index in [1.165, 1.54) is 0 Å². The van der Waals surface area contributed by atoms with Gasteiger partial charge in [0, 0.05) is 30.9 Å². The van der Waals surface area contributed by atoms with E-state index in [2.05, 4.69) is 31.1 Å². The van der Waals surface area contributed by atoms with Gasteiger partial charge in [0.2, 0.25) is 0 Å². The third-order valence-electron chi connectivity index (χ3n) is 3.49. The Morgan fingerprint density at radius 1 is 1.29 bits per heavy atom. The molecule has 4 nitrogen and oxygen atoms in total. The van der Waals surface area contributed by atoms with Crippen molar-refractivity contribution in [2.75, 3.05) is 25.0 Å². The number of carbonyl (C=O) groups excluding carboxylic acids is 1. The molecule has 0 saturated carbocycles. The summed E-state index contributed by atoms with van der Waals surface area (Å²) >= 11 is 0. The van der Waals surface area contributed by atoms with E-state index < -0.39 is 0 Å². The van der Waals surface area contributed by atoms with Crippen LogP contribution >= 0.6 is 0 Å². The maximum Gasteiger partial charge on any atom is 0.254 e. The summed E-state index contributed by atoms with van der Waals surface area (Å²) in [5, 5.41) is 3.22. The molecule has 0 spiro atoms. The monoisotopic (exact) mass is 291 g/mol. The topological polar surface area (TPSA) is 45.2 Å². The minimum atomic E-state index is 0.106. The fourth-order valence-electron chi connectivity index (χ4n) is 2.18. The first-order valence-electron chi connectivity index (χ1n) is 8.08. The Hall–Kier alpha value is -1.58. The maximum atomic E-state index is 12.7. The van der Waals surface area contributed by atoms with E-state index in [-0.39, 0.29) is 5.91 Å². The van der Waals surface area contributed by atoms with Crippen molar-refractivity contribution >= 4 is 11.7 Å². The molecule has 0 fully saturated rings. The lowest BCUT2D eigenvalue weighted by molar-refractivity contribution is 0.0762. The zero-order chi connectivity index (χ0) is 15.8. The Kier molecular flexibility index (Phi) is 7.20. The average molecular weight is 291 g/mol. The van der Waals surface area contributed by atoms with Crippen LogP contribution in [0.25, 0.3) is 0 Å². The predicted octanol–water partition coefficient (Wildman–Crippen LogP) is 3.90. The highest BCUT2D eigenvalue weighted by molar-refractivity contribution is 5.95. The zero-order valence-corrected chi connectivity index (χ0v) is 14.1. The molecule has 1 heterocycles. The number of hydrogen-bond acceptors (Lipinski definition) is 3. The van der Waals surface area contributed by atoms with Gasteiger partial charge in [-0.15, -0.1) is 0 Å². The number of unbranched alkanes of at least 4 members (excludes halogenated alkanes) is 1. The van der Waals surface area contributed by atoms with Gasteiger partial charge in [-0.05, 0) is 38.3 Å². The number of nitrogens with one attached hydrogen (secondary N) is 1. The first-order chi connectivity index (χ1) is 10.0. The van der Waals surface area contributed by atoms with Crippen LogP contribution in [0.3, 0.4) is 0 Å². The van der Waals surface area contributed by atoms with E-state index in [4.69, 9.17) is 0 Å². The first kappa shape index (κ1) is 17.5. The van der Waals surface area contributed by atoms with E-state index in [9.17, 15) is 4.79 Å². The van der Waals surface area contributed by atoms with Crippen LogP contribution in [0.4, 0.5) is 5.82 Å². The highest BCUT2D eigenvalue weighted by atomic mass is 16.2. The Morgan fingerprint density at radius 2 is 2.00 bits per heavy atom. The quantitative estimate of drug-likeness (QED) is 0.790. The minimum absolute atomic E-state index is 0.106. The molecule has 4 heteroatoms. The molecule has 1 aromatic heterocycles. The van der Waals surface area contributed by atoms with Gasteiger partial charge >= 0.3 is 0 Å². The van der Waals surface area contributed by atoms with Crippen molar-refractivity contribution in [2.45, 2.75) is 53.4 Å². The fourth-order valence-corrected chi connectivity index (χ4v) is 2.18. The van der Waals surface area contributed by atoms with Gasteiger partial charge in [-0.25, -0.2) is 4.98 Å². The average Bonchev–Trinajstić information content (AvgIpc) is 2.47. The molecule has 0 saturated heterocycles. The molecule has 1 N–H and O–H groups in total. The molecule has 118 valence electrons. The smallest absolute Gasteiger partial charge is 0.254 e. The standard InChI is InChI=1S/C17H29N3O/c1-6-9-10-20(8-3)17(21)14-11-15(13(4)5)19-16(12-14)18-7-2/h11-13H,6-10H2,1-5H3,(H,18,19). The lowest BCUT2D eigenvalue weighted by Gasteiger charge is -2.21. The summed E-state index contributed by atoms with van der Waals surface area (Å²) in [5.41, 5.74) is 1.70. The third-order valence-corrected chi connectivity index (χ3v) is 3.49. The summed E-state index contributed by atoms with van der Waals surface area (Å²) in [6, 6.07) is 3.80. The summed E-state index contributed by atoms with van der Waals surface area (Å²) in [4.78, 5) is 19.2. The molecule has 0 aliphatic heterocycles. The van der Waals surface area contributed by atoms with Gasteiger partial charge in [-0.1, -0.05) is 27.2 Å². The number of pyridine rings is 1. The van der Waals surface area contributed by atoms with Crippen LogP contribution in [0, 0.1) is 0 Å². The van der Waals surface area contributed by atoms with Crippen molar-refractivity contribution in [3.8, 4) is 0 Å². The van der Waals surface area contributed by atoms with Crippen molar-refractivity contribution in [1.29, 1.82) is 0 Å². The molecule has 1 amide bonds. The number of anilines is 1. The fraction of sp³-hybridized carbons (Fsp3) is 0.647. The minimum Gasteiger partial charge on any atom is -0.370 e. The zero-order valence-electron chi connectivity index (χ0n) is 14.1. The Balaban J connectivity index is 3.05. The molecular weight excluding hydrogens is 262 g/mol. The van der Waals surface area contributed by atoms with Crippen LogP contribution < -0.4 is 5.32 Å². The second-order valence-electron chi connectivity index (χ2n) is 5.59.